The largest absolute Gasteiger partial charge is 0.311 e. The van der Waals surface area contributed by atoms with Crippen molar-refractivity contribution in [2.75, 3.05) is 20.1 Å². The van der Waals surface area contributed by atoms with Crippen molar-refractivity contribution >= 4 is 22.9 Å². The number of thiophene rings is 1. The van der Waals surface area contributed by atoms with Crippen LogP contribution >= 0.6 is 22.9 Å². The van der Waals surface area contributed by atoms with Gasteiger partial charge in [0.15, 0.2) is 0 Å². The number of aryl methyl sites for hydroxylation is 1. The highest BCUT2D eigenvalue weighted by molar-refractivity contribution is 7.16. The molecular weight excluding hydrogens is 290 g/mol. The van der Waals surface area contributed by atoms with Gasteiger partial charge in [-0.2, -0.15) is 0 Å². The maximum Gasteiger partial charge on any atom is 0.0931 e. The molecule has 5 heteroatoms. The third kappa shape index (κ3) is 5.21. The van der Waals surface area contributed by atoms with Crippen LogP contribution in [0.4, 0.5) is 0 Å². The molecule has 0 saturated heterocycles. The average Bonchev–Trinajstić information content (AvgIpc) is 2.80. The van der Waals surface area contributed by atoms with Crippen LogP contribution in [0.1, 0.15) is 16.3 Å². The molecule has 3 nitrogen and oxygen atoms in total. The molecular formula is C15H20ClN3S. The van der Waals surface area contributed by atoms with E-state index in [9.17, 15) is 0 Å². The third-order valence-electron chi connectivity index (χ3n) is 2.98. The summed E-state index contributed by atoms with van der Waals surface area (Å²) >= 11 is 7.53. The van der Waals surface area contributed by atoms with Crippen molar-refractivity contribution in [2.24, 2.45) is 0 Å². The normalized spacial score (nSPS) is 11.2. The van der Waals surface area contributed by atoms with Crippen molar-refractivity contribution < 1.29 is 0 Å². The van der Waals surface area contributed by atoms with E-state index < -0.39 is 0 Å². The lowest BCUT2D eigenvalue weighted by atomic mass is 10.3. The Morgan fingerprint density at radius 1 is 1.30 bits per heavy atom. The minimum atomic E-state index is 0.851. The Balaban J connectivity index is 1.66. The number of hydrogen-bond acceptors (Lipinski definition) is 4. The van der Waals surface area contributed by atoms with Crippen LogP contribution in [-0.2, 0) is 13.1 Å². The number of halogens is 1. The van der Waals surface area contributed by atoms with Crippen LogP contribution in [0.25, 0.3) is 0 Å². The van der Waals surface area contributed by atoms with Gasteiger partial charge < -0.3 is 5.32 Å². The number of rotatable bonds is 7. The summed E-state index contributed by atoms with van der Waals surface area (Å²) in [7, 11) is 2.12. The van der Waals surface area contributed by atoms with Gasteiger partial charge in [0.05, 0.1) is 10.0 Å². The Labute approximate surface area is 129 Å². The first-order chi connectivity index (χ1) is 9.63. The second-order valence-corrected chi connectivity index (χ2v) is 6.69. The van der Waals surface area contributed by atoms with Gasteiger partial charge in [-0.1, -0.05) is 17.7 Å². The molecule has 2 aromatic rings. The van der Waals surface area contributed by atoms with Crippen molar-refractivity contribution in [3.05, 3.63) is 50.9 Å². The number of nitrogens with one attached hydrogen (secondary N) is 1. The van der Waals surface area contributed by atoms with Gasteiger partial charge in [-0.15, -0.1) is 11.3 Å². The Morgan fingerprint density at radius 3 is 2.85 bits per heavy atom. The zero-order chi connectivity index (χ0) is 14.4. The van der Waals surface area contributed by atoms with E-state index in [4.69, 9.17) is 11.6 Å². The van der Waals surface area contributed by atoms with Gasteiger partial charge in [0, 0.05) is 36.8 Å². The summed E-state index contributed by atoms with van der Waals surface area (Å²) in [6.45, 7) is 5.74. The van der Waals surface area contributed by atoms with E-state index in [0.29, 0.717) is 0 Å². The summed E-state index contributed by atoms with van der Waals surface area (Å²) in [5.74, 6) is 0. The van der Waals surface area contributed by atoms with Crippen molar-refractivity contribution in [2.45, 2.75) is 20.0 Å². The average molecular weight is 310 g/mol. The minimum absolute atomic E-state index is 0.851. The molecule has 1 N–H and O–H groups in total. The van der Waals surface area contributed by atoms with Crippen LogP contribution in [0.3, 0.4) is 0 Å². The zero-order valence-electron chi connectivity index (χ0n) is 11.9. The van der Waals surface area contributed by atoms with Crippen molar-refractivity contribution in [1.82, 2.24) is 15.2 Å². The summed E-state index contributed by atoms with van der Waals surface area (Å²) in [4.78, 5) is 8.07. The van der Waals surface area contributed by atoms with E-state index in [1.807, 2.05) is 19.1 Å². The highest BCUT2D eigenvalue weighted by atomic mass is 35.5. The van der Waals surface area contributed by atoms with Gasteiger partial charge in [-0.05, 0) is 38.2 Å². The summed E-state index contributed by atoms with van der Waals surface area (Å²) in [6.07, 6.45) is 0. The van der Waals surface area contributed by atoms with E-state index in [-0.39, 0.29) is 0 Å². The monoisotopic (exact) mass is 309 g/mol. The fourth-order valence-corrected chi connectivity index (χ4v) is 3.03. The van der Waals surface area contributed by atoms with Gasteiger partial charge in [-0.25, -0.2) is 0 Å². The number of aromatic nitrogens is 1. The lowest BCUT2D eigenvalue weighted by Crippen LogP contribution is -2.28. The predicted octanol–water partition coefficient (Wildman–Crippen LogP) is 3.33. The first-order valence-corrected chi connectivity index (χ1v) is 7.89. The smallest absolute Gasteiger partial charge is 0.0931 e. The highest BCUT2D eigenvalue weighted by Gasteiger charge is 2.02. The lowest BCUT2D eigenvalue weighted by molar-refractivity contribution is 0.320. The van der Waals surface area contributed by atoms with Crippen LogP contribution in [0, 0.1) is 6.92 Å². The van der Waals surface area contributed by atoms with Crippen LogP contribution in [0.15, 0.2) is 30.3 Å². The van der Waals surface area contributed by atoms with E-state index in [2.05, 4.69) is 40.4 Å². The second-order valence-electron chi connectivity index (χ2n) is 4.89. The third-order valence-corrected chi connectivity index (χ3v) is 4.21. The molecule has 2 heterocycles. The van der Waals surface area contributed by atoms with E-state index in [0.717, 1.165) is 41.9 Å². The molecule has 0 bridgehead atoms. The maximum absolute atomic E-state index is 5.90. The Hall–Kier alpha value is -0.940. The molecule has 2 aromatic heterocycles. The molecule has 0 aliphatic carbocycles. The second kappa shape index (κ2) is 7.74. The molecule has 0 aliphatic heterocycles. The molecule has 0 aliphatic rings. The van der Waals surface area contributed by atoms with Gasteiger partial charge in [0.2, 0.25) is 0 Å². The number of nitrogens with zero attached hydrogens (tertiary/aromatic N) is 2. The molecule has 0 saturated carbocycles. The van der Waals surface area contributed by atoms with Gasteiger partial charge in [-0.3, -0.25) is 9.88 Å². The topological polar surface area (TPSA) is 28.2 Å². The number of likely N-dealkylation sites (N-methyl/N-ethyl adjacent to an activating group) is 1. The molecule has 0 aromatic carbocycles. The molecule has 0 amide bonds. The van der Waals surface area contributed by atoms with Crippen molar-refractivity contribution in [3.63, 3.8) is 0 Å². The standard InChI is InChI=1S/C15H20ClN3S/c1-12-4-3-5-13(18-12)11-19(2)9-8-17-10-14-6-7-15(16)20-14/h3-7,17H,8-11H2,1-2H3. The van der Waals surface area contributed by atoms with Crippen LogP contribution in [0.2, 0.25) is 4.34 Å². The fraction of sp³-hybridized carbons (Fsp3) is 0.400. The van der Waals surface area contributed by atoms with Crippen molar-refractivity contribution in [1.29, 1.82) is 0 Å². The summed E-state index contributed by atoms with van der Waals surface area (Å²) in [6, 6.07) is 10.2. The maximum atomic E-state index is 5.90. The van der Waals surface area contributed by atoms with E-state index >= 15 is 0 Å². The molecule has 0 fully saturated rings. The Morgan fingerprint density at radius 2 is 2.15 bits per heavy atom. The molecule has 2 rings (SSSR count). The van der Waals surface area contributed by atoms with Crippen molar-refractivity contribution in [3.8, 4) is 0 Å². The summed E-state index contributed by atoms with van der Waals surface area (Å²) < 4.78 is 0.851. The van der Waals surface area contributed by atoms with Crippen LogP contribution in [0.5, 0.6) is 0 Å². The number of pyridine rings is 1. The SMILES string of the molecule is Cc1cccc(CN(C)CCNCc2ccc(Cl)s2)n1. The first-order valence-electron chi connectivity index (χ1n) is 6.69. The van der Waals surface area contributed by atoms with Gasteiger partial charge in [0.25, 0.3) is 0 Å². The molecule has 0 radical (unpaired) electrons. The molecule has 0 unspecified atom stereocenters. The molecule has 108 valence electrons. The molecule has 0 atom stereocenters. The fourth-order valence-electron chi connectivity index (χ4n) is 1.97. The highest BCUT2D eigenvalue weighted by Crippen LogP contribution is 2.20. The van der Waals surface area contributed by atoms with Crippen LogP contribution in [-0.4, -0.2) is 30.0 Å². The molecule has 20 heavy (non-hydrogen) atoms. The molecule has 0 spiro atoms. The number of hydrogen-bond donors (Lipinski definition) is 1. The minimum Gasteiger partial charge on any atom is -0.311 e. The summed E-state index contributed by atoms with van der Waals surface area (Å²) in [5.41, 5.74) is 2.20. The summed E-state index contributed by atoms with van der Waals surface area (Å²) in [5, 5.41) is 3.43. The Kier molecular flexibility index (Phi) is 5.98. The zero-order valence-corrected chi connectivity index (χ0v) is 13.5. The quantitative estimate of drug-likeness (QED) is 0.795. The Bertz CT molecular complexity index is 541. The lowest BCUT2D eigenvalue weighted by Gasteiger charge is -2.16. The van der Waals surface area contributed by atoms with E-state index in [1.54, 1.807) is 11.3 Å². The van der Waals surface area contributed by atoms with Gasteiger partial charge in [0.1, 0.15) is 0 Å². The van der Waals surface area contributed by atoms with Gasteiger partial charge >= 0.3 is 0 Å². The van der Waals surface area contributed by atoms with Crippen LogP contribution < -0.4 is 5.32 Å². The predicted molar refractivity (Wildman–Crippen MR) is 86.3 cm³/mol. The first kappa shape index (κ1) is 15.4. The van der Waals surface area contributed by atoms with E-state index in [1.165, 1.54) is 4.88 Å².